The molecule has 2 rings (SSSR count). The Kier molecular flexibility index (Phi) is 5.29. The van der Waals surface area contributed by atoms with Crippen molar-refractivity contribution in [2.45, 2.75) is 25.3 Å². The van der Waals surface area contributed by atoms with Crippen LogP contribution in [0.4, 0.5) is 0 Å². The summed E-state index contributed by atoms with van der Waals surface area (Å²) in [6.45, 7) is 0. The lowest BCUT2D eigenvalue weighted by molar-refractivity contribution is -0.124. The van der Waals surface area contributed by atoms with Crippen LogP contribution in [0.25, 0.3) is 0 Å². The predicted molar refractivity (Wildman–Crippen MR) is 77.7 cm³/mol. The maximum atomic E-state index is 12.1. The molecule has 3 nitrogen and oxygen atoms in total. The zero-order valence-electron chi connectivity index (χ0n) is 10.8. The normalized spacial score (nSPS) is 17.4. The van der Waals surface area contributed by atoms with Crippen LogP contribution in [0.5, 0.6) is 0 Å². The van der Waals surface area contributed by atoms with Gasteiger partial charge in [0.1, 0.15) is 5.92 Å². The third kappa shape index (κ3) is 4.29. The number of nitriles is 1. The van der Waals surface area contributed by atoms with E-state index in [1.807, 2.05) is 42.1 Å². The van der Waals surface area contributed by atoms with Crippen LogP contribution in [-0.2, 0) is 11.2 Å². The van der Waals surface area contributed by atoms with Gasteiger partial charge < -0.3 is 5.32 Å². The zero-order valence-corrected chi connectivity index (χ0v) is 11.7. The monoisotopic (exact) mass is 274 g/mol. The highest BCUT2D eigenvalue weighted by Gasteiger charge is 2.22. The van der Waals surface area contributed by atoms with E-state index in [1.165, 1.54) is 0 Å². The average Bonchev–Trinajstić information content (AvgIpc) is 2.47. The van der Waals surface area contributed by atoms with Crippen molar-refractivity contribution in [3.8, 4) is 6.07 Å². The number of thioether (sulfide) groups is 1. The first-order valence-corrected chi connectivity index (χ1v) is 7.76. The number of nitrogens with one attached hydrogen (secondary N) is 1. The van der Waals surface area contributed by atoms with Crippen molar-refractivity contribution < 1.29 is 4.79 Å². The number of carbonyl (C=O) groups is 1. The van der Waals surface area contributed by atoms with Gasteiger partial charge >= 0.3 is 0 Å². The predicted octanol–water partition coefficient (Wildman–Crippen LogP) is 2.38. The van der Waals surface area contributed by atoms with E-state index >= 15 is 0 Å². The van der Waals surface area contributed by atoms with Crippen LogP contribution in [0.15, 0.2) is 30.3 Å². The zero-order chi connectivity index (χ0) is 13.5. The van der Waals surface area contributed by atoms with Crippen molar-refractivity contribution >= 4 is 17.7 Å². The molecule has 1 unspecified atom stereocenters. The SMILES string of the molecule is N#CC(Cc1ccccc1)C(=O)NC1CCSCC1. The summed E-state index contributed by atoms with van der Waals surface area (Å²) in [5.41, 5.74) is 1.03. The van der Waals surface area contributed by atoms with E-state index in [2.05, 4.69) is 11.4 Å². The lowest BCUT2D eigenvalue weighted by atomic mass is 9.99. The minimum absolute atomic E-state index is 0.122. The summed E-state index contributed by atoms with van der Waals surface area (Å²) in [5.74, 6) is 1.49. The molecule has 0 aliphatic carbocycles. The number of benzene rings is 1. The summed E-state index contributed by atoms with van der Waals surface area (Å²) >= 11 is 1.93. The quantitative estimate of drug-likeness (QED) is 0.917. The molecule has 1 N–H and O–H groups in total. The Morgan fingerprint density at radius 3 is 2.68 bits per heavy atom. The van der Waals surface area contributed by atoms with Gasteiger partial charge in [-0.2, -0.15) is 17.0 Å². The topological polar surface area (TPSA) is 52.9 Å². The highest BCUT2D eigenvalue weighted by atomic mass is 32.2. The smallest absolute Gasteiger partial charge is 0.237 e. The van der Waals surface area contributed by atoms with Crippen molar-refractivity contribution in [2.75, 3.05) is 11.5 Å². The molecule has 19 heavy (non-hydrogen) atoms. The van der Waals surface area contributed by atoms with E-state index in [1.54, 1.807) is 0 Å². The third-order valence-electron chi connectivity index (χ3n) is 3.32. The number of carbonyl (C=O) groups excluding carboxylic acids is 1. The molecule has 1 aromatic carbocycles. The molecule has 4 heteroatoms. The summed E-state index contributed by atoms with van der Waals surface area (Å²) in [5, 5.41) is 12.2. The Bertz CT molecular complexity index is 449. The maximum absolute atomic E-state index is 12.1. The third-order valence-corrected chi connectivity index (χ3v) is 4.37. The molecule has 1 atom stereocenters. The van der Waals surface area contributed by atoms with Crippen LogP contribution in [-0.4, -0.2) is 23.5 Å². The molecule has 1 aliphatic rings. The van der Waals surface area contributed by atoms with Crippen LogP contribution in [0.2, 0.25) is 0 Å². The van der Waals surface area contributed by atoms with E-state index < -0.39 is 5.92 Å². The fourth-order valence-corrected chi connectivity index (χ4v) is 3.30. The molecule has 1 heterocycles. The number of rotatable bonds is 4. The minimum atomic E-state index is -0.586. The number of nitrogens with zero attached hydrogens (tertiary/aromatic N) is 1. The first-order chi connectivity index (χ1) is 9.29. The minimum Gasteiger partial charge on any atom is -0.352 e. The standard InChI is InChI=1S/C15H18N2OS/c16-11-13(10-12-4-2-1-3-5-12)15(18)17-14-6-8-19-9-7-14/h1-5,13-14H,6-10H2,(H,17,18). The average molecular weight is 274 g/mol. The van der Waals surface area contributed by atoms with Crippen LogP contribution < -0.4 is 5.32 Å². The van der Waals surface area contributed by atoms with Gasteiger partial charge in [0.25, 0.3) is 0 Å². The Labute approximate surface area is 118 Å². The number of amides is 1. The second-order valence-corrected chi connectivity index (χ2v) is 5.99. The largest absolute Gasteiger partial charge is 0.352 e. The fourth-order valence-electron chi connectivity index (χ4n) is 2.19. The van der Waals surface area contributed by atoms with Gasteiger partial charge in [0.05, 0.1) is 6.07 Å². The summed E-state index contributed by atoms with van der Waals surface area (Å²) in [6.07, 6.45) is 2.52. The second-order valence-electron chi connectivity index (χ2n) is 4.77. The molecule has 1 saturated heterocycles. The lowest BCUT2D eigenvalue weighted by Crippen LogP contribution is -2.41. The van der Waals surface area contributed by atoms with Crippen LogP contribution in [0.1, 0.15) is 18.4 Å². The van der Waals surface area contributed by atoms with Gasteiger partial charge in [0, 0.05) is 6.04 Å². The molecule has 100 valence electrons. The molecule has 1 aromatic rings. The molecule has 0 saturated carbocycles. The number of hydrogen-bond donors (Lipinski definition) is 1. The van der Waals surface area contributed by atoms with Gasteiger partial charge in [-0.15, -0.1) is 0 Å². The molecule has 1 aliphatic heterocycles. The van der Waals surface area contributed by atoms with Crippen LogP contribution >= 0.6 is 11.8 Å². The van der Waals surface area contributed by atoms with Crippen molar-refractivity contribution in [2.24, 2.45) is 5.92 Å². The molecule has 0 radical (unpaired) electrons. The van der Waals surface area contributed by atoms with Crippen molar-refractivity contribution in [3.05, 3.63) is 35.9 Å². The number of hydrogen-bond acceptors (Lipinski definition) is 3. The Hall–Kier alpha value is -1.47. The van der Waals surface area contributed by atoms with E-state index in [-0.39, 0.29) is 11.9 Å². The second kappa shape index (κ2) is 7.20. The van der Waals surface area contributed by atoms with Gasteiger partial charge in [-0.05, 0) is 36.3 Å². The Morgan fingerprint density at radius 2 is 2.05 bits per heavy atom. The Morgan fingerprint density at radius 1 is 1.37 bits per heavy atom. The summed E-state index contributed by atoms with van der Waals surface area (Å²) in [6, 6.07) is 12.1. The molecule has 0 aromatic heterocycles. The fraction of sp³-hybridized carbons (Fsp3) is 0.467. The van der Waals surface area contributed by atoms with E-state index in [0.717, 1.165) is 29.9 Å². The van der Waals surface area contributed by atoms with E-state index in [0.29, 0.717) is 6.42 Å². The summed E-state index contributed by atoms with van der Waals surface area (Å²) in [4.78, 5) is 12.1. The van der Waals surface area contributed by atoms with Gasteiger partial charge in [-0.25, -0.2) is 0 Å². The molecule has 1 fully saturated rings. The molecule has 0 bridgehead atoms. The van der Waals surface area contributed by atoms with Crippen LogP contribution in [0, 0.1) is 17.2 Å². The molecule has 1 amide bonds. The summed E-state index contributed by atoms with van der Waals surface area (Å²) < 4.78 is 0. The maximum Gasteiger partial charge on any atom is 0.237 e. The lowest BCUT2D eigenvalue weighted by Gasteiger charge is -2.23. The van der Waals surface area contributed by atoms with E-state index in [9.17, 15) is 10.1 Å². The summed E-state index contributed by atoms with van der Waals surface area (Å²) in [7, 11) is 0. The van der Waals surface area contributed by atoms with Crippen LogP contribution in [0.3, 0.4) is 0 Å². The van der Waals surface area contributed by atoms with Gasteiger partial charge in [0.2, 0.25) is 5.91 Å². The highest BCUT2D eigenvalue weighted by Crippen LogP contribution is 2.17. The van der Waals surface area contributed by atoms with Crippen molar-refractivity contribution in [3.63, 3.8) is 0 Å². The van der Waals surface area contributed by atoms with Crippen molar-refractivity contribution in [1.82, 2.24) is 5.32 Å². The first kappa shape index (κ1) is 14.0. The molecular weight excluding hydrogens is 256 g/mol. The molecule has 0 spiro atoms. The van der Waals surface area contributed by atoms with Gasteiger partial charge in [-0.1, -0.05) is 30.3 Å². The van der Waals surface area contributed by atoms with Gasteiger partial charge in [-0.3, -0.25) is 4.79 Å². The van der Waals surface area contributed by atoms with Crippen molar-refractivity contribution in [1.29, 1.82) is 5.26 Å². The highest BCUT2D eigenvalue weighted by molar-refractivity contribution is 7.99. The Balaban J connectivity index is 1.90. The van der Waals surface area contributed by atoms with E-state index in [4.69, 9.17) is 0 Å². The first-order valence-electron chi connectivity index (χ1n) is 6.61. The molecular formula is C15H18N2OS. The van der Waals surface area contributed by atoms with Gasteiger partial charge in [0.15, 0.2) is 0 Å².